The van der Waals surface area contributed by atoms with Gasteiger partial charge in [-0.2, -0.15) is 0 Å². The predicted molar refractivity (Wildman–Crippen MR) is 89.1 cm³/mol. The number of nitrogens with zero attached hydrogens (tertiary/aromatic N) is 1. The highest BCUT2D eigenvalue weighted by Crippen LogP contribution is 2.22. The first kappa shape index (κ1) is 15.4. The minimum absolute atomic E-state index is 0.227. The third-order valence-electron chi connectivity index (χ3n) is 3.60. The Kier molecular flexibility index (Phi) is 4.00. The number of carbonyl (C=O) groups is 2. The SMILES string of the molecule is Cc1nc(C)c(C(=O)OC(C)C(=O)c2c[nH]c3ccccc23)s1. The van der Waals surface area contributed by atoms with Gasteiger partial charge in [0.2, 0.25) is 5.78 Å². The van der Waals surface area contributed by atoms with Crippen molar-refractivity contribution in [2.24, 2.45) is 0 Å². The highest BCUT2D eigenvalue weighted by atomic mass is 32.1. The molecule has 1 atom stereocenters. The lowest BCUT2D eigenvalue weighted by Gasteiger charge is -2.11. The summed E-state index contributed by atoms with van der Waals surface area (Å²) < 4.78 is 5.33. The Hall–Kier alpha value is -2.47. The second-order valence-corrected chi connectivity index (χ2v) is 6.51. The van der Waals surface area contributed by atoms with Crippen LogP contribution in [0.1, 0.15) is 37.7 Å². The second-order valence-electron chi connectivity index (χ2n) is 5.31. The third kappa shape index (κ3) is 2.90. The summed E-state index contributed by atoms with van der Waals surface area (Å²) in [5.74, 6) is -0.733. The lowest BCUT2D eigenvalue weighted by Crippen LogP contribution is -2.24. The van der Waals surface area contributed by atoms with Crippen molar-refractivity contribution >= 4 is 34.0 Å². The number of hydrogen-bond acceptors (Lipinski definition) is 5. The summed E-state index contributed by atoms with van der Waals surface area (Å²) in [6.07, 6.45) is 0.794. The number of hydrogen-bond donors (Lipinski definition) is 1. The largest absolute Gasteiger partial charge is 0.450 e. The van der Waals surface area contributed by atoms with Crippen molar-refractivity contribution in [2.45, 2.75) is 26.9 Å². The maximum absolute atomic E-state index is 12.6. The fourth-order valence-electron chi connectivity index (χ4n) is 2.48. The number of thiazole rings is 1. The molecule has 1 unspecified atom stereocenters. The number of Topliss-reactive ketones (excluding diaryl/α,β-unsaturated/α-hetero) is 1. The average molecular weight is 328 g/mol. The van der Waals surface area contributed by atoms with Gasteiger partial charge in [0, 0.05) is 22.7 Å². The molecule has 0 saturated carbocycles. The molecule has 3 rings (SSSR count). The first-order chi connectivity index (χ1) is 11.0. The standard InChI is InChI=1S/C17H16N2O3S/c1-9-16(23-11(3)19-9)17(21)22-10(2)15(20)13-8-18-14-7-5-4-6-12(13)14/h4-8,10,18H,1-3H3. The van der Waals surface area contributed by atoms with E-state index >= 15 is 0 Å². The molecule has 2 aromatic heterocycles. The molecule has 0 aliphatic heterocycles. The zero-order chi connectivity index (χ0) is 16.6. The normalized spacial score (nSPS) is 12.3. The van der Waals surface area contributed by atoms with Crippen LogP contribution in [0.4, 0.5) is 0 Å². The van der Waals surface area contributed by atoms with E-state index in [1.807, 2.05) is 31.2 Å². The Morgan fingerprint density at radius 2 is 2.00 bits per heavy atom. The van der Waals surface area contributed by atoms with Crippen LogP contribution in [-0.2, 0) is 4.74 Å². The molecular formula is C17H16N2O3S. The molecule has 0 saturated heterocycles. The van der Waals surface area contributed by atoms with E-state index in [0.717, 1.165) is 15.9 Å². The van der Waals surface area contributed by atoms with Crippen LogP contribution in [-0.4, -0.2) is 27.8 Å². The van der Waals surface area contributed by atoms with Gasteiger partial charge in [-0.25, -0.2) is 9.78 Å². The Bertz CT molecular complexity index is 894. The van der Waals surface area contributed by atoms with E-state index in [9.17, 15) is 9.59 Å². The van der Waals surface area contributed by atoms with Crippen molar-refractivity contribution < 1.29 is 14.3 Å². The summed E-state index contributed by atoms with van der Waals surface area (Å²) >= 11 is 1.27. The molecule has 3 aromatic rings. The molecule has 0 spiro atoms. The van der Waals surface area contributed by atoms with E-state index in [4.69, 9.17) is 4.74 Å². The minimum atomic E-state index is -0.858. The number of fused-ring (bicyclic) bond motifs is 1. The zero-order valence-electron chi connectivity index (χ0n) is 13.0. The number of esters is 1. The number of benzene rings is 1. The van der Waals surface area contributed by atoms with Gasteiger partial charge in [-0.3, -0.25) is 4.79 Å². The van der Waals surface area contributed by atoms with E-state index in [1.54, 1.807) is 20.0 Å². The van der Waals surface area contributed by atoms with Crippen molar-refractivity contribution in [3.63, 3.8) is 0 Å². The second kappa shape index (κ2) is 5.96. The summed E-state index contributed by atoms with van der Waals surface area (Å²) in [6.45, 7) is 5.17. The minimum Gasteiger partial charge on any atom is -0.450 e. The molecule has 0 bridgehead atoms. The van der Waals surface area contributed by atoms with Crippen molar-refractivity contribution in [1.82, 2.24) is 9.97 Å². The summed E-state index contributed by atoms with van der Waals surface area (Å²) in [4.78, 5) is 32.5. The summed E-state index contributed by atoms with van der Waals surface area (Å²) in [5.41, 5.74) is 2.03. The van der Waals surface area contributed by atoms with Crippen LogP contribution < -0.4 is 0 Å². The van der Waals surface area contributed by atoms with Crippen LogP contribution in [0, 0.1) is 13.8 Å². The van der Waals surface area contributed by atoms with Crippen LogP contribution in [0.25, 0.3) is 10.9 Å². The van der Waals surface area contributed by atoms with Gasteiger partial charge < -0.3 is 9.72 Å². The molecule has 6 heteroatoms. The number of ketones is 1. The number of ether oxygens (including phenoxy) is 1. The van der Waals surface area contributed by atoms with Gasteiger partial charge in [-0.15, -0.1) is 11.3 Å². The summed E-state index contributed by atoms with van der Waals surface area (Å²) in [5, 5.41) is 1.62. The highest BCUT2D eigenvalue weighted by molar-refractivity contribution is 7.13. The van der Waals surface area contributed by atoms with Crippen LogP contribution in [0.2, 0.25) is 0 Å². The van der Waals surface area contributed by atoms with Gasteiger partial charge in [0.05, 0.1) is 10.7 Å². The molecule has 0 aliphatic carbocycles. The van der Waals surface area contributed by atoms with Gasteiger partial charge in [0.25, 0.3) is 0 Å². The molecular weight excluding hydrogens is 312 g/mol. The van der Waals surface area contributed by atoms with Gasteiger partial charge in [-0.1, -0.05) is 18.2 Å². The van der Waals surface area contributed by atoms with Crippen LogP contribution in [0.5, 0.6) is 0 Å². The average Bonchev–Trinajstić information content (AvgIpc) is 3.09. The van der Waals surface area contributed by atoms with Crippen molar-refractivity contribution in [2.75, 3.05) is 0 Å². The molecule has 23 heavy (non-hydrogen) atoms. The van der Waals surface area contributed by atoms with Crippen molar-refractivity contribution in [3.8, 4) is 0 Å². The third-order valence-corrected chi connectivity index (χ3v) is 4.65. The van der Waals surface area contributed by atoms with Crippen molar-refractivity contribution in [3.05, 3.63) is 51.6 Å². The quantitative estimate of drug-likeness (QED) is 0.586. The van der Waals surface area contributed by atoms with E-state index in [2.05, 4.69) is 9.97 Å². The van der Waals surface area contributed by atoms with E-state index in [1.165, 1.54) is 11.3 Å². The van der Waals surface area contributed by atoms with Gasteiger partial charge in [0.1, 0.15) is 4.88 Å². The Morgan fingerprint density at radius 1 is 1.26 bits per heavy atom. The number of H-pyrrole nitrogens is 1. The van der Waals surface area contributed by atoms with Gasteiger partial charge in [-0.05, 0) is 26.8 Å². The maximum Gasteiger partial charge on any atom is 0.350 e. The molecule has 0 radical (unpaired) electrons. The van der Waals surface area contributed by atoms with Crippen LogP contribution in [0.15, 0.2) is 30.5 Å². The van der Waals surface area contributed by atoms with Crippen molar-refractivity contribution in [1.29, 1.82) is 0 Å². The molecule has 5 nitrogen and oxygen atoms in total. The lowest BCUT2D eigenvalue weighted by molar-refractivity contribution is 0.0323. The number of carbonyl (C=O) groups excluding carboxylic acids is 2. The Labute approximate surface area is 137 Å². The zero-order valence-corrected chi connectivity index (χ0v) is 13.9. The lowest BCUT2D eigenvalue weighted by atomic mass is 10.1. The summed E-state index contributed by atoms with van der Waals surface area (Å²) in [7, 11) is 0. The number of nitrogens with one attached hydrogen (secondary N) is 1. The molecule has 0 aliphatic rings. The number of aromatic amines is 1. The molecule has 0 fully saturated rings. The first-order valence-electron chi connectivity index (χ1n) is 7.22. The number of aryl methyl sites for hydroxylation is 2. The number of aromatic nitrogens is 2. The summed E-state index contributed by atoms with van der Waals surface area (Å²) in [6, 6.07) is 7.52. The predicted octanol–water partition coefficient (Wildman–Crippen LogP) is 3.67. The van der Waals surface area contributed by atoms with E-state index < -0.39 is 12.1 Å². The van der Waals surface area contributed by atoms with E-state index in [0.29, 0.717) is 16.1 Å². The number of para-hydroxylation sites is 1. The monoisotopic (exact) mass is 328 g/mol. The fourth-order valence-corrected chi connectivity index (χ4v) is 3.29. The van der Waals surface area contributed by atoms with E-state index in [-0.39, 0.29) is 5.78 Å². The van der Waals surface area contributed by atoms with Gasteiger partial charge in [0.15, 0.2) is 6.10 Å². The topological polar surface area (TPSA) is 72.0 Å². The fraction of sp³-hybridized carbons (Fsp3) is 0.235. The molecule has 2 heterocycles. The first-order valence-corrected chi connectivity index (χ1v) is 8.04. The molecule has 0 amide bonds. The maximum atomic E-state index is 12.6. The van der Waals surface area contributed by atoms with Crippen LogP contribution >= 0.6 is 11.3 Å². The molecule has 1 aromatic carbocycles. The van der Waals surface area contributed by atoms with Gasteiger partial charge >= 0.3 is 5.97 Å². The Balaban J connectivity index is 1.80. The number of rotatable bonds is 4. The molecule has 1 N–H and O–H groups in total. The smallest absolute Gasteiger partial charge is 0.350 e. The molecule has 118 valence electrons. The Morgan fingerprint density at radius 3 is 2.70 bits per heavy atom. The highest BCUT2D eigenvalue weighted by Gasteiger charge is 2.24. The van der Waals surface area contributed by atoms with Crippen LogP contribution in [0.3, 0.4) is 0 Å².